The van der Waals surface area contributed by atoms with E-state index in [4.69, 9.17) is 4.99 Å². The summed E-state index contributed by atoms with van der Waals surface area (Å²) in [5.41, 5.74) is 5.74. The minimum absolute atomic E-state index is 0.0754. The third-order valence-corrected chi connectivity index (χ3v) is 7.67. The first-order valence-electron chi connectivity index (χ1n) is 14.0. The van der Waals surface area contributed by atoms with Crippen molar-refractivity contribution in [3.05, 3.63) is 106 Å². The fraction of sp³-hybridized carbons (Fsp3) is 0.219. The molecular formula is C32H30N6O4. The molecule has 0 unspecified atom stereocenters. The number of amides is 1. The lowest BCUT2D eigenvalue weighted by molar-refractivity contribution is -0.384. The number of hydrogen-bond acceptors (Lipinski definition) is 6. The summed E-state index contributed by atoms with van der Waals surface area (Å²) < 4.78 is 0. The molecule has 3 aromatic carbocycles. The molecule has 1 fully saturated rings. The van der Waals surface area contributed by atoms with Gasteiger partial charge in [0.2, 0.25) is 5.91 Å². The van der Waals surface area contributed by atoms with Crippen molar-refractivity contribution in [2.24, 2.45) is 4.99 Å². The number of nitro groups is 1. The average molecular weight is 563 g/mol. The number of carbonyl (C=O) groups excluding carboxylic acids is 1. The fourth-order valence-electron chi connectivity index (χ4n) is 5.44. The Kier molecular flexibility index (Phi) is 7.50. The Labute approximate surface area is 241 Å². The second-order valence-electron chi connectivity index (χ2n) is 10.4. The molecule has 1 aliphatic heterocycles. The van der Waals surface area contributed by atoms with E-state index in [1.165, 1.54) is 12.1 Å². The van der Waals surface area contributed by atoms with E-state index in [1.807, 2.05) is 53.4 Å². The number of hydrogen-bond donors (Lipinski definition) is 3. The number of imidazole rings is 1. The Bertz CT molecular complexity index is 1760. The van der Waals surface area contributed by atoms with Gasteiger partial charge in [0.25, 0.3) is 5.69 Å². The van der Waals surface area contributed by atoms with Crippen LogP contribution in [0.15, 0.2) is 84.2 Å². The van der Waals surface area contributed by atoms with Crippen molar-refractivity contribution in [1.29, 1.82) is 0 Å². The van der Waals surface area contributed by atoms with E-state index < -0.39 is 4.92 Å². The van der Waals surface area contributed by atoms with Gasteiger partial charge in [-0.3, -0.25) is 14.9 Å². The van der Waals surface area contributed by atoms with Crippen molar-refractivity contribution in [2.75, 3.05) is 13.1 Å². The van der Waals surface area contributed by atoms with Crippen LogP contribution in [0, 0.1) is 10.1 Å². The number of likely N-dealkylation sites (tertiary alicyclic amines) is 1. The second kappa shape index (κ2) is 11.7. The number of aromatic nitrogens is 3. The van der Waals surface area contributed by atoms with Crippen LogP contribution in [0.1, 0.15) is 42.4 Å². The highest BCUT2D eigenvalue weighted by atomic mass is 16.6. The minimum atomic E-state index is -0.454. The number of benzene rings is 3. The molecule has 1 saturated heterocycles. The predicted octanol–water partition coefficient (Wildman–Crippen LogP) is 6.29. The number of fused-ring (bicyclic) bond motifs is 1. The Morgan fingerprint density at radius 2 is 1.88 bits per heavy atom. The van der Waals surface area contributed by atoms with Crippen LogP contribution in [0.25, 0.3) is 22.2 Å². The van der Waals surface area contributed by atoms with Gasteiger partial charge in [-0.1, -0.05) is 36.4 Å². The Balaban J connectivity index is 1.34. The van der Waals surface area contributed by atoms with E-state index in [2.05, 4.69) is 15.0 Å². The van der Waals surface area contributed by atoms with Crippen LogP contribution in [0.2, 0.25) is 0 Å². The SMILES string of the molecule is O=C1CCCCN1CCCc1ccc(C(=Nc2ccc(-c3cnc[nH]3)cc2)c2c(O)[nH]c3ccc([N+](=O)[O-])cc23)cc1. The normalized spacial score (nSPS) is 14.0. The van der Waals surface area contributed by atoms with Gasteiger partial charge in [0.15, 0.2) is 5.88 Å². The molecule has 0 aliphatic carbocycles. The monoisotopic (exact) mass is 562 g/mol. The van der Waals surface area contributed by atoms with Crippen LogP contribution in [0.5, 0.6) is 5.88 Å². The average Bonchev–Trinajstić information content (AvgIpc) is 3.65. The molecule has 5 aromatic rings. The molecule has 0 spiro atoms. The van der Waals surface area contributed by atoms with Crippen molar-refractivity contribution in [3.8, 4) is 17.1 Å². The van der Waals surface area contributed by atoms with Crippen LogP contribution >= 0.6 is 0 Å². The van der Waals surface area contributed by atoms with Crippen LogP contribution in [-0.2, 0) is 11.2 Å². The topological polar surface area (TPSA) is 141 Å². The number of piperidine rings is 1. The molecule has 0 saturated carbocycles. The van der Waals surface area contributed by atoms with Crippen LogP contribution in [0.4, 0.5) is 11.4 Å². The van der Waals surface area contributed by atoms with E-state index in [-0.39, 0.29) is 17.5 Å². The number of nitrogens with one attached hydrogen (secondary N) is 2. The summed E-state index contributed by atoms with van der Waals surface area (Å²) in [5, 5.41) is 23.1. The minimum Gasteiger partial charge on any atom is -0.494 e. The summed E-state index contributed by atoms with van der Waals surface area (Å²) in [6.45, 7) is 1.59. The molecule has 10 heteroatoms. The number of nitrogens with zero attached hydrogens (tertiary/aromatic N) is 4. The van der Waals surface area contributed by atoms with Crippen LogP contribution in [-0.4, -0.2) is 54.6 Å². The summed E-state index contributed by atoms with van der Waals surface area (Å²) in [7, 11) is 0. The van der Waals surface area contributed by atoms with Gasteiger partial charge < -0.3 is 20.0 Å². The summed E-state index contributed by atoms with van der Waals surface area (Å²) in [6, 6.07) is 20.0. The lowest BCUT2D eigenvalue weighted by atomic mass is 9.98. The number of aromatic hydroxyl groups is 1. The zero-order chi connectivity index (χ0) is 29.1. The Morgan fingerprint density at radius 1 is 1.07 bits per heavy atom. The molecule has 0 atom stereocenters. The fourth-order valence-corrected chi connectivity index (χ4v) is 5.44. The molecule has 2 aromatic heterocycles. The highest BCUT2D eigenvalue weighted by molar-refractivity contribution is 6.22. The van der Waals surface area contributed by atoms with E-state index in [0.29, 0.717) is 34.3 Å². The van der Waals surface area contributed by atoms with Crippen molar-refractivity contribution in [3.63, 3.8) is 0 Å². The number of H-pyrrole nitrogens is 2. The smallest absolute Gasteiger partial charge is 0.270 e. The molecule has 212 valence electrons. The highest BCUT2D eigenvalue weighted by Crippen LogP contribution is 2.34. The number of aromatic amines is 2. The van der Waals surface area contributed by atoms with Crippen molar-refractivity contribution in [2.45, 2.75) is 32.1 Å². The third-order valence-electron chi connectivity index (χ3n) is 7.67. The quantitative estimate of drug-likeness (QED) is 0.110. The van der Waals surface area contributed by atoms with E-state index in [1.54, 1.807) is 18.6 Å². The van der Waals surface area contributed by atoms with Gasteiger partial charge >= 0.3 is 0 Å². The van der Waals surface area contributed by atoms with Crippen LogP contribution in [0.3, 0.4) is 0 Å². The first-order valence-corrected chi connectivity index (χ1v) is 14.0. The van der Waals surface area contributed by atoms with Crippen molar-refractivity contribution < 1.29 is 14.8 Å². The summed E-state index contributed by atoms with van der Waals surface area (Å²) in [5.74, 6) is 0.127. The first-order chi connectivity index (χ1) is 20.5. The second-order valence-corrected chi connectivity index (χ2v) is 10.4. The maximum atomic E-state index is 12.1. The van der Waals surface area contributed by atoms with Crippen molar-refractivity contribution >= 4 is 33.9 Å². The number of carbonyl (C=O) groups is 1. The third kappa shape index (κ3) is 5.64. The Hall–Kier alpha value is -5.25. The number of rotatable bonds is 9. The van der Waals surface area contributed by atoms with Gasteiger partial charge in [-0.15, -0.1) is 0 Å². The summed E-state index contributed by atoms with van der Waals surface area (Å²) in [6.07, 6.45) is 7.76. The Morgan fingerprint density at radius 3 is 2.60 bits per heavy atom. The molecule has 0 bridgehead atoms. The largest absolute Gasteiger partial charge is 0.494 e. The number of non-ortho nitro benzene ring substituents is 1. The van der Waals surface area contributed by atoms with Gasteiger partial charge in [0.1, 0.15) is 0 Å². The summed E-state index contributed by atoms with van der Waals surface area (Å²) >= 11 is 0. The number of nitro benzene ring substituents is 1. The lowest BCUT2D eigenvalue weighted by Gasteiger charge is -2.26. The van der Waals surface area contributed by atoms with Crippen LogP contribution < -0.4 is 0 Å². The number of aliphatic imine (C=N–C) groups is 1. The molecule has 6 rings (SSSR count). The maximum Gasteiger partial charge on any atom is 0.270 e. The molecule has 3 N–H and O–H groups in total. The number of aryl methyl sites for hydroxylation is 1. The van der Waals surface area contributed by atoms with E-state index in [9.17, 15) is 20.0 Å². The van der Waals surface area contributed by atoms with E-state index in [0.717, 1.165) is 61.2 Å². The molecule has 42 heavy (non-hydrogen) atoms. The van der Waals surface area contributed by atoms with Crippen molar-refractivity contribution in [1.82, 2.24) is 19.9 Å². The van der Waals surface area contributed by atoms with Gasteiger partial charge in [-0.25, -0.2) is 9.98 Å². The van der Waals surface area contributed by atoms with E-state index >= 15 is 0 Å². The maximum absolute atomic E-state index is 12.1. The van der Waals surface area contributed by atoms with Gasteiger partial charge in [-0.05, 0) is 55.0 Å². The lowest BCUT2D eigenvalue weighted by Crippen LogP contribution is -2.36. The first kappa shape index (κ1) is 26.9. The zero-order valence-corrected chi connectivity index (χ0v) is 22.9. The summed E-state index contributed by atoms with van der Waals surface area (Å²) in [4.78, 5) is 40.2. The molecule has 0 radical (unpaired) electrons. The van der Waals surface area contributed by atoms with Gasteiger partial charge in [0, 0.05) is 48.1 Å². The van der Waals surface area contributed by atoms with Gasteiger partial charge in [-0.2, -0.15) is 0 Å². The highest BCUT2D eigenvalue weighted by Gasteiger charge is 2.21. The molecule has 3 heterocycles. The molecule has 1 amide bonds. The predicted molar refractivity (Wildman–Crippen MR) is 161 cm³/mol. The molecular weight excluding hydrogens is 532 g/mol. The van der Waals surface area contributed by atoms with Gasteiger partial charge in [0.05, 0.1) is 40.1 Å². The molecule has 10 nitrogen and oxygen atoms in total. The zero-order valence-electron chi connectivity index (χ0n) is 22.9. The standard InChI is InChI=1S/C32H30N6O4/c39-29-5-1-2-16-37(29)17-3-4-21-6-8-23(9-7-21)31(35-24-12-10-22(11-13-24)28-19-33-20-34-28)30-26-18-25(38(41)42)14-15-27(26)36-32(30)40/h6-15,18-20,36,40H,1-5,16-17H2,(H,33,34). The molecule has 1 aliphatic rings.